The number of carbonyl (C=O) groups excluding carboxylic acids is 1. The summed E-state index contributed by atoms with van der Waals surface area (Å²) in [5, 5.41) is 3.02. The molecule has 1 aromatic rings. The van der Waals surface area contributed by atoms with Crippen molar-refractivity contribution in [1.82, 2.24) is 4.90 Å². The van der Waals surface area contributed by atoms with E-state index in [4.69, 9.17) is 9.47 Å². The molecule has 0 bridgehead atoms. The first-order chi connectivity index (χ1) is 13.6. The SMILES string of the molecule is CCCO[C@@](C)(C(=O)Nc1ccc(OCCCN2CCCCC2)cc1)C1CC1. The molecular weight excluding hydrogens is 352 g/mol. The Labute approximate surface area is 169 Å². The van der Waals surface area contributed by atoms with Crippen molar-refractivity contribution >= 4 is 11.6 Å². The second kappa shape index (κ2) is 10.3. The number of benzene rings is 1. The van der Waals surface area contributed by atoms with Gasteiger partial charge >= 0.3 is 0 Å². The summed E-state index contributed by atoms with van der Waals surface area (Å²) in [6, 6.07) is 7.67. The molecule has 0 spiro atoms. The number of likely N-dealkylation sites (tertiary alicyclic amines) is 1. The van der Waals surface area contributed by atoms with Crippen LogP contribution in [0.15, 0.2) is 24.3 Å². The number of nitrogens with zero attached hydrogens (tertiary/aromatic N) is 1. The molecule has 0 unspecified atom stereocenters. The quantitative estimate of drug-likeness (QED) is 0.568. The average Bonchev–Trinajstić information content (AvgIpc) is 3.57. The van der Waals surface area contributed by atoms with Gasteiger partial charge in [-0.2, -0.15) is 0 Å². The first kappa shape index (κ1) is 21.1. The molecule has 0 aromatic heterocycles. The van der Waals surface area contributed by atoms with Crippen LogP contribution < -0.4 is 10.1 Å². The van der Waals surface area contributed by atoms with E-state index in [2.05, 4.69) is 17.1 Å². The summed E-state index contributed by atoms with van der Waals surface area (Å²) in [6.45, 7) is 8.92. The van der Waals surface area contributed by atoms with Gasteiger partial charge < -0.3 is 19.7 Å². The molecule has 1 saturated heterocycles. The van der Waals surface area contributed by atoms with Gasteiger partial charge in [-0.3, -0.25) is 4.79 Å². The molecule has 1 amide bonds. The maximum Gasteiger partial charge on any atom is 0.256 e. The number of amides is 1. The Kier molecular flexibility index (Phi) is 7.74. The van der Waals surface area contributed by atoms with Crippen LogP contribution in [0.1, 0.15) is 58.8 Å². The number of hydrogen-bond acceptors (Lipinski definition) is 4. The normalized spacial score (nSPS) is 19.8. The number of piperidine rings is 1. The molecule has 2 aliphatic rings. The van der Waals surface area contributed by atoms with Crippen LogP contribution in [-0.4, -0.2) is 49.3 Å². The predicted molar refractivity (Wildman–Crippen MR) is 113 cm³/mol. The maximum absolute atomic E-state index is 12.8. The molecule has 1 atom stereocenters. The first-order valence-corrected chi connectivity index (χ1v) is 11.0. The summed E-state index contributed by atoms with van der Waals surface area (Å²) in [6.07, 6.45) is 8.14. The third kappa shape index (κ3) is 5.95. The van der Waals surface area contributed by atoms with Crippen molar-refractivity contribution in [1.29, 1.82) is 0 Å². The first-order valence-electron chi connectivity index (χ1n) is 11.0. The highest BCUT2D eigenvalue weighted by atomic mass is 16.5. The molecule has 1 N–H and O–H groups in total. The van der Waals surface area contributed by atoms with E-state index >= 15 is 0 Å². The summed E-state index contributed by atoms with van der Waals surface area (Å²) >= 11 is 0. The third-order valence-corrected chi connectivity index (χ3v) is 5.86. The van der Waals surface area contributed by atoms with Gasteiger partial charge in [-0.05, 0) is 88.7 Å². The van der Waals surface area contributed by atoms with Crippen LogP contribution in [0.25, 0.3) is 0 Å². The van der Waals surface area contributed by atoms with Crippen LogP contribution in [-0.2, 0) is 9.53 Å². The van der Waals surface area contributed by atoms with E-state index in [0.29, 0.717) is 12.5 Å². The van der Waals surface area contributed by atoms with Gasteiger partial charge in [0.05, 0.1) is 6.61 Å². The Morgan fingerprint density at radius 1 is 1.14 bits per heavy atom. The Morgan fingerprint density at radius 3 is 2.50 bits per heavy atom. The van der Waals surface area contributed by atoms with Crippen LogP contribution in [0.2, 0.25) is 0 Å². The lowest BCUT2D eigenvalue weighted by atomic mass is 9.98. The predicted octanol–water partition coefficient (Wildman–Crippen LogP) is 4.48. The van der Waals surface area contributed by atoms with Gasteiger partial charge in [0, 0.05) is 18.8 Å². The van der Waals surface area contributed by atoms with Gasteiger partial charge in [-0.25, -0.2) is 0 Å². The molecular formula is C23H36N2O3. The van der Waals surface area contributed by atoms with Crippen LogP contribution in [0.4, 0.5) is 5.69 Å². The fourth-order valence-corrected chi connectivity index (χ4v) is 3.87. The van der Waals surface area contributed by atoms with Crippen LogP contribution in [0, 0.1) is 5.92 Å². The standard InChI is InChI=1S/C23H36N2O3/c1-3-17-28-23(2,19-8-9-19)22(26)24-20-10-12-21(13-11-20)27-18-7-16-25-14-5-4-6-15-25/h10-13,19H,3-9,14-18H2,1-2H3,(H,24,26)/t23-/m1/s1. The lowest BCUT2D eigenvalue weighted by Gasteiger charge is -2.28. The highest BCUT2D eigenvalue weighted by Crippen LogP contribution is 2.42. The number of rotatable bonds is 11. The summed E-state index contributed by atoms with van der Waals surface area (Å²) in [4.78, 5) is 15.3. The van der Waals surface area contributed by atoms with Crippen molar-refractivity contribution in [2.45, 2.75) is 64.4 Å². The van der Waals surface area contributed by atoms with E-state index in [1.165, 1.54) is 32.4 Å². The van der Waals surface area contributed by atoms with Gasteiger partial charge in [0.25, 0.3) is 5.91 Å². The number of carbonyl (C=O) groups is 1. The van der Waals surface area contributed by atoms with E-state index in [0.717, 1.165) is 50.3 Å². The minimum Gasteiger partial charge on any atom is -0.494 e. The molecule has 0 radical (unpaired) electrons. The van der Waals surface area contributed by atoms with Crippen molar-refractivity contribution in [2.24, 2.45) is 5.92 Å². The molecule has 156 valence electrons. The molecule has 1 saturated carbocycles. The highest BCUT2D eigenvalue weighted by molar-refractivity contribution is 5.97. The van der Waals surface area contributed by atoms with Gasteiger partial charge in [0.15, 0.2) is 0 Å². The van der Waals surface area contributed by atoms with Gasteiger partial charge in [0.2, 0.25) is 0 Å². The Bertz CT molecular complexity index is 609. The van der Waals surface area contributed by atoms with Crippen LogP contribution >= 0.6 is 0 Å². The Morgan fingerprint density at radius 2 is 1.86 bits per heavy atom. The van der Waals surface area contributed by atoms with Gasteiger partial charge in [0.1, 0.15) is 11.4 Å². The largest absolute Gasteiger partial charge is 0.494 e. The molecule has 1 aliphatic heterocycles. The molecule has 1 aromatic carbocycles. The van der Waals surface area contributed by atoms with Crippen LogP contribution in [0.3, 0.4) is 0 Å². The van der Waals surface area contributed by atoms with Crippen molar-refractivity contribution in [3.05, 3.63) is 24.3 Å². The Hall–Kier alpha value is -1.59. The third-order valence-electron chi connectivity index (χ3n) is 5.86. The zero-order valence-corrected chi connectivity index (χ0v) is 17.5. The van der Waals surface area contributed by atoms with Crippen molar-refractivity contribution < 1.29 is 14.3 Å². The highest BCUT2D eigenvalue weighted by Gasteiger charge is 2.48. The maximum atomic E-state index is 12.8. The van der Waals surface area contributed by atoms with Gasteiger partial charge in [-0.15, -0.1) is 0 Å². The molecule has 1 aliphatic carbocycles. The molecule has 5 heteroatoms. The average molecular weight is 389 g/mol. The molecule has 5 nitrogen and oxygen atoms in total. The van der Waals surface area contributed by atoms with Gasteiger partial charge in [-0.1, -0.05) is 13.3 Å². The van der Waals surface area contributed by atoms with E-state index in [-0.39, 0.29) is 5.91 Å². The lowest BCUT2D eigenvalue weighted by molar-refractivity contribution is -0.142. The Balaban J connectivity index is 1.42. The zero-order chi connectivity index (χ0) is 19.8. The minimum absolute atomic E-state index is 0.0429. The molecule has 3 rings (SSSR count). The number of anilines is 1. The fraction of sp³-hybridized carbons (Fsp3) is 0.696. The van der Waals surface area contributed by atoms with E-state index < -0.39 is 5.60 Å². The molecule has 1 heterocycles. The van der Waals surface area contributed by atoms with E-state index in [9.17, 15) is 4.79 Å². The smallest absolute Gasteiger partial charge is 0.256 e. The minimum atomic E-state index is -0.723. The summed E-state index contributed by atoms with van der Waals surface area (Å²) in [5.74, 6) is 1.14. The number of hydrogen-bond donors (Lipinski definition) is 1. The van der Waals surface area contributed by atoms with Crippen LogP contribution in [0.5, 0.6) is 5.75 Å². The number of ether oxygens (including phenoxy) is 2. The van der Waals surface area contributed by atoms with E-state index in [1.54, 1.807) is 0 Å². The summed E-state index contributed by atoms with van der Waals surface area (Å²) in [5.41, 5.74) is 0.0669. The van der Waals surface area contributed by atoms with E-state index in [1.807, 2.05) is 31.2 Å². The van der Waals surface area contributed by atoms with Crippen molar-refractivity contribution in [2.75, 3.05) is 38.2 Å². The lowest BCUT2D eigenvalue weighted by Crippen LogP contribution is -2.45. The second-order valence-corrected chi connectivity index (χ2v) is 8.31. The zero-order valence-electron chi connectivity index (χ0n) is 17.5. The summed E-state index contributed by atoms with van der Waals surface area (Å²) < 4.78 is 11.8. The summed E-state index contributed by atoms with van der Waals surface area (Å²) in [7, 11) is 0. The number of nitrogens with one attached hydrogen (secondary N) is 1. The molecule has 2 fully saturated rings. The fourth-order valence-electron chi connectivity index (χ4n) is 3.87. The second-order valence-electron chi connectivity index (χ2n) is 8.31. The molecule has 28 heavy (non-hydrogen) atoms. The van der Waals surface area contributed by atoms with Crippen molar-refractivity contribution in [3.63, 3.8) is 0 Å². The topological polar surface area (TPSA) is 50.8 Å². The monoisotopic (exact) mass is 388 g/mol. The van der Waals surface area contributed by atoms with Crippen molar-refractivity contribution in [3.8, 4) is 5.75 Å².